The molecule has 1 aromatic carbocycles. The Labute approximate surface area is 161 Å². The fraction of sp³-hybridized carbons (Fsp3) is 0.667. The first-order valence-electron chi connectivity index (χ1n) is 9.96. The van der Waals surface area contributed by atoms with Crippen LogP contribution in [0.5, 0.6) is 0 Å². The lowest BCUT2D eigenvalue weighted by atomic mass is 9.74. The van der Waals surface area contributed by atoms with Gasteiger partial charge in [0.05, 0.1) is 23.7 Å². The van der Waals surface area contributed by atoms with Crippen molar-refractivity contribution >= 4 is 18.6 Å². The van der Waals surface area contributed by atoms with Gasteiger partial charge in [-0.25, -0.2) is 4.39 Å². The zero-order chi connectivity index (χ0) is 19.8. The normalized spacial score (nSPS) is 26.8. The maximum absolute atomic E-state index is 14.5. The Bertz CT molecular complexity index is 679. The highest BCUT2D eigenvalue weighted by molar-refractivity contribution is 6.62. The summed E-state index contributed by atoms with van der Waals surface area (Å²) in [5.74, 6) is -0.0907. The molecule has 2 fully saturated rings. The summed E-state index contributed by atoms with van der Waals surface area (Å²) < 4.78 is 31.7. The zero-order valence-corrected chi connectivity index (χ0v) is 17.0. The highest BCUT2D eigenvalue weighted by atomic mass is 19.1. The lowest BCUT2D eigenvalue weighted by Gasteiger charge is -2.32. The van der Waals surface area contributed by atoms with Crippen molar-refractivity contribution in [2.45, 2.75) is 77.4 Å². The molecule has 0 unspecified atom stereocenters. The number of rotatable bonds is 4. The van der Waals surface area contributed by atoms with Gasteiger partial charge >= 0.3 is 13.1 Å². The van der Waals surface area contributed by atoms with Crippen LogP contribution in [0.1, 0.15) is 71.8 Å². The number of carbonyl (C=O) groups excluding carboxylic acids is 1. The number of esters is 1. The van der Waals surface area contributed by atoms with Crippen LogP contribution in [0.15, 0.2) is 18.2 Å². The highest BCUT2D eigenvalue weighted by Gasteiger charge is 2.52. The molecule has 0 atom stereocenters. The molecule has 1 heterocycles. The van der Waals surface area contributed by atoms with Crippen LogP contribution in [-0.2, 0) is 18.8 Å². The van der Waals surface area contributed by atoms with Gasteiger partial charge in [-0.1, -0.05) is 12.1 Å². The molecule has 6 heteroatoms. The predicted octanol–water partition coefficient (Wildman–Crippen LogP) is 3.96. The summed E-state index contributed by atoms with van der Waals surface area (Å²) in [4.78, 5) is 11.9. The third-order valence-electron chi connectivity index (χ3n) is 6.35. The quantitative estimate of drug-likeness (QED) is 0.590. The summed E-state index contributed by atoms with van der Waals surface area (Å²) in [5.41, 5.74) is 0.539. The number of benzene rings is 1. The van der Waals surface area contributed by atoms with Gasteiger partial charge in [0.2, 0.25) is 0 Å². The lowest BCUT2D eigenvalue weighted by Crippen LogP contribution is -2.41. The van der Waals surface area contributed by atoms with E-state index in [1.165, 1.54) is 6.07 Å². The van der Waals surface area contributed by atoms with Gasteiger partial charge in [-0.2, -0.15) is 0 Å². The standard InChI is InChI=1S/C21H30BFO4/c1-6-25-19(24)15-9-7-14(8-10-15)16-11-12-18(23)17(13-16)22-26-20(2,3)21(4,5)27-22/h11-15H,6-10H2,1-5H3. The number of carbonyl (C=O) groups is 1. The number of hydrogen-bond donors (Lipinski definition) is 0. The highest BCUT2D eigenvalue weighted by Crippen LogP contribution is 2.38. The predicted molar refractivity (Wildman–Crippen MR) is 103 cm³/mol. The van der Waals surface area contributed by atoms with E-state index < -0.39 is 18.3 Å². The third kappa shape index (κ3) is 4.07. The molecule has 1 saturated carbocycles. The number of ether oxygens (including phenoxy) is 1. The van der Waals surface area contributed by atoms with E-state index in [2.05, 4.69) is 0 Å². The maximum Gasteiger partial charge on any atom is 0.497 e. The second-order valence-electron chi connectivity index (χ2n) is 8.67. The Morgan fingerprint density at radius 2 is 1.74 bits per heavy atom. The lowest BCUT2D eigenvalue weighted by molar-refractivity contribution is -0.149. The van der Waals surface area contributed by atoms with Crippen LogP contribution in [0, 0.1) is 11.7 Å². The summed E-state index contributed by atoms with van der Waals surface area (Å²) in [6.45, 7) is 10.1. The molecule has 4 nitrogen and oxygen atoms in total. The summed E-state index contributed by atoms with van der Waals surface area (Å²) in [5, 5.41) is 0. The van der Waals surface area contributed by atoms with Crippen LogP contribution < -0.4 is 5.46 Å². The van der Waals surface area contributed by atoms with E-state index in [1.54, 1.807) is 0 Å². The first-order chi connectivity index (χ1) is 12.6. The summed E-state index contributed by atoms with van der Waals surface area (Å²) in [7, 11) is -0.703. The van der Waals surface area contributed by atoms with Crippen molar-refractivity contribution in [1.29, 1.82) is 0 Å². The molecule has 1 saturated heterocycles. The van der Waals surface area contributed by atoms with Crippen molar-refractivity contribution in [2.75, 3.05) is 6.61 Å². The van der Waals surface area contributed by atoms with Crippen LogP contribution in [0.25, 0.3) is 0 Å². The molecular weight excluding hydrogens is 346 g/mol. The monoisotopic (exact) mass is 376 g/mol. The van der Waals surface area contributed by atoms with Crippen molar-refractivity contribution < 1.29 is 23.2 Å². The molecule has 148 valence electrons. The molecule has 1 aliphatic carbocycles. The van der Waals surface area contributed by atoms with Crippen LogP contribution in [0.4, 0.5) is 4.39 Å². The van der Waals surface area contributed by atoms with Crippen LogP contribution in [0.2, 0.25) is 0 Å². The fourth-order valence-electron chi connectivity index (χ4n) is 3.89. The fourth-order valence-corrected chi connectivity index (χ4v) is 3.89. The first kappa shape index (κ1) is 20.3. The number of hydrogen-bond acceptors (Lipinski definition) is 4. The van der Waals surface area contributed by atoms with E-state index in [9.17, 15) is 9.18 Å². The molecule has 27 heavy (non-hydrogen) atoms. The summed E-state index contributed by atoms with van der Waals surface area (Å²) in [6.07, 6.45) is 3.43. The Balaban J connectivity index is 1.73. The van der Waals surface area contributed by atoms with Gasteiger partial charge in [0.1, 0.15) is 5.82 Å². The molecule has 0 N–H and O–H groups in total. The Hall–Kier alpha value is -1.40. The van der Waals surface area contributed by atoms with Gasteiger partial charge in [-0.05, 0) is 77.8 Å². The van der Waals surface area contributed by atoms with E-state index in [4.69, 9.17) is 14.0 Å². The largest absolute Gasteiger partial charge is 0.497 e. The molecule has 0 aromatic heterocycles. The molecule has 0 bridgehead atoms. The molecular formula is C21H30BFO4. The Morgan fingerprint density at radius 1 is 1.15 bits per heavy atom. The molecule has 2 aliphatic rings. The molecule has 0 amide bonds. The van der Waals surface area contributed by atoms with E-state index in [-0.39, 0.29) is 17.7 Å². The molecule has 0 radical (unpaired) electrons. The Morgan fingerprint density at radius 3 is 2.30 bits per heavy atom. The van der Waals surface area contributed by atoms with Gasteiger partial charge in [-0.3, -0.25) is 4.79 Å². The van der Waals surface area contributed by atoms with Gasteiger partial charge in [0.25, 0.3) is 0 Å². The average molecular weight is 376 g/mol. The topological polar surface area (TPSA) is 44.8 Å². The minimum Gasteiger partial charge on any atom is -0.466 e. The minimum absolute atomic E-state index is 0.00999. The molecule has 3 rings (SSSR count). The maximum atomic E-state index is 14.5. The van der Waals surface area contributed by atoms with E-state index >= 15 is 0 Å². The SMILES string of the molecule is CCOC(=O)C1CCC(c2ccc(F)c(B3OC(C)(C)C(C)(C)O3)c2)CC1. The first-order valence-corrected chi connectivity index (χ1v) is 9.96. The van der Waals surface area contributed by atoms with E-state index in [0.717, 1.165) is 31.2 Å². The second-order valence-corrected chi connectivity index (χ2v) is 8.67. The summed E-state index contributed by atoms with van der Waals surface area (Å²) >= 11 is 0. The van der Waals surface area contributed by atoms with Crippen molar-refractivity contribution in [2.24, 2.45) is 5.92 Å². The number of halogens is 1. The zero-order valence-electron chi connectivity index (χ0n) is 17.0. The van der Waals surface area contributed by atoms with Crippen LogP contribution >= 0.6 is 0 Å². The van der Waals surface area contributed by atoms with Crippen molar-refractivity contribution in [3.05, 3.63) is 29.6 Å². The van der Waals surface area contributed by atoms with Crippen molar-refractivity contribution in [3.8, 4) is 0 Å². The van der Waals surface area contributed by atoms with E-state index in [0.29, 0.717) is 18.0 Å². The van der Waals surface area contributed by atoms with Crippen molar-refractivity contribution in [1.82, 2.24) is 0 Å². The van der Waals surface area contributed by atoms with E-state index in [1.807, 2.05) is 46.8 Å². The van der Waals surface area contributed by atoms with Gasteiger partial charge < -0.3 is 14.0 Å². The third-order valence-corrected chi connectivity index (χ3v) is 6.35. The van der Waals surface area contributed by atoms with Crippen molar-refractivity contribution in [3.63, 3.8) is 0 Å². The molecule has 1 aliphatic heterocycles. The van der Waals surface area contributed by atoms with Crippen LogP contribution in [0.3, 0.4) is 0 Å². The van der Waals surface area contributed by atoms with Crippen LogP contribution in [-0.4, -0.2) is 30.9 Å². The molecule has 1 aromatic rings. The van der Waals surface area contributed by atoms with Gasteiger partial charge in [-0.15, -0.1) is 0 Å². The second kappa shape index (κ2) is 7.55. The smallest absolute Gasteiger partial charge is 0.466 e. The van der Waals surface area contributed by atoms with Gasteiger partial charge in [0, 0.05) is 5.46 Å². The Kier molecular flexibility index (Phi) is 5.69. The average Bonchev–Trinajstić information content (AvgIpc) is 2.83. The molecule has 0 spiro atoms. The van der Waals surface area contributed by atoms with Gasteiger partial charge in [0.15, 0.2) is 0 Å². The minimum atomic E-state index is -0.703. The summed E-state index contributed by atoms with van der Waals surface area (Å²) in [6, 6.07) is 5.24.